The van der Waals surface area contributed by atoms with E-state index in [0.717, 1.165) is 54.3 Å². The molecule has 0 saturated carbocycles. The van der Waals surface area contributed by atoms with Crippen molar-refractivity contribution >= 4 is 39.2 Å². The zero-order chi connectivity index (χ0) is 33.9. The number of carboxylic acids is 2. The van der Waals surface area contributed by atoms with Crippen molar-refractivity contribution in [2.45, 2.75) is 110 Å². The molecule has 0 aliphatic carbocycles. The summed E-state index contributed by atoms with van der Waals surface area (Å²) in [6.45, 7) is 4.19. The highest BCUT2D eigenvalue weighted by molar-refractivity contribution is 9.10. The Hall–Kier alpha value is -2.88. The number of carbonyl (C=O) groups is 2. The van der Waals surface area contributed by atoms with Crippen LogP contribution in [-0.2, 0) is 17.9 Å². The maximum absolute atomic E-state index is 11.9. The van der Waals surface area contributed by atoms with Crippen LogP contribution in [0, 0.1) is 0 Å². The van der Waals surface area contributed by atoms with E-state index in [-0.39, 0.29) is 10.6 Å². The van der Waals surface area contributed by atoms with Crippen molar-refractivity contribution in [1.82, 2.24) is 4.90 Å². The molecule has 3 rings (SSSR count). The Morgan fingerprint density at radius 2 is 1.36 bits per heavy atom. The lowest BCUT2D eigenvalue weighted by Gasteiger charge is -2.23. The van der Waals surface area contributed by atoms with Crippen LogP contribution in [0.4, 0.5) is 0 Å². The quantitative estimate of drug-likeness (QED) is 0.0838. The first kappa shape index (κ1) is 38.6. The number of rotatable bonds is 25. The van der Waals surface area contributed by atoms with Gasteiger partial charge in [0.1, 0.15) is 5.75 Å². The minimum Gasteiger partial charge on any atom is -0.497 e. The van der Waals surface area contributed by atoms with Crippen molar-refractivity contribution in [2.75, 3.05) is 20.3 Å². The first-order chi connectivity index (χ1) is 22.8. The number of benzene rings is 2. The highest BCUT2D eigenvalue weighted by atomic mass is 79.9. The van der Waals surface area contributed by atoms with Crippen molar-refractivity contribution in [3.63, 3.8) is 0 Å². The minimum absolute atomic E-state index is 0.0301. The van der Waals surface area contributed by atoms with Gasteiger partial charge < -0.3 is 19.7 Å². The molecule has 2 N–H and O–H groups in total. The summed E-state index contributed by atoms with van der Waals surface area (Å²) in [6.07, 6.45) is 18.7. The molecule has 1 heterocycles. The van der Waals surface area contributed by atoms with Crippen molar-refractivity contribution in [1.29, 1.82) is 0 Å². The van der Waals surface area contributed by atoms with Gasteiger partial charge in [0.05, 0.1) is 16.5 Å². The Balaban J connectivity index is 1.57. The third-order valence-corrected chi connectivity index (χ3v) is 10.6. The van der Waals surface area contributed by atoms with Gasteiger partial charge in [-0.15, -0.1) is 11.3 Å². The molecule has 0 bridgehead atoms. The summed E-state index contributed by atoms with van der Waals surface area (Å²) in [6, 6.07) is 16.3. The van der Waals surface area contributed by atoms with Crippen LogP contribution in [0.1, 0.15) is 118 Å². The predicted octanol–water partition coefficient (Wildman–Crippen LogP) is 10.8. The molecule has 0 fully saturated rings. The summed E-state index contributed by atoms with van der Waals surface area (Å²) < 4.78 is 11.2. The second-order valence-electron chi connectivity index (χ2n) is 12.2. The molecule has 1 aromatic heterocycles. The van der Waals surface area contributed by atoms with Gasteiger partial charge in [-0.05, 0) is 63.8 Å². The van der Waals surface area contributed by atoms with Crippen LogP contribution in [0.3, 0.4) is 0 Å². The number of unbranched alkanes of at least 4 members (excludes halogenated alkanes) is 13. The molecule has 2 aromatic carbocycles. The Morgan fingerprint density at radius 1 is 0.787 bits per heavy atom. The average molecular weight is 731 g/mol. The van der Waals surface area contributed by atoms with E-state index >= 15 is 0 Å². The lowest BCUT2D eigenvalue weighted by Crippen LogP contribution is -2.24. The molecule has 0 spiro atoms. The van der Waals surface area contributed by atoms with E-state index in [1.54, 1.807) is 7.11 Å². The van der Waals surface area contributed by atoms with Gasteiger partial charge in [-0.2, -0.15) is 0 Å². The van der Waals surface area contributed by atoms with Gasteiger partial charge in [0, 0.05) is 13.1 Å². The van der Waals surface area contributed by atoms with Crippen LogP contribution in [0.15, 0.2) is 53.0 Å². The van der Waals surface area contributed by atoms with E-state index < -0.39 is 18.5 Å². The SMILES string of the molecule is CCCCCCCCCCCCCCCCN(Cc1ccc(OC)cc1)Cc1cccc(-c2sc(C(=O)O)c(OCC(=O)O)c2Br)c1. The van der Waals surface area contributed by atoms with Gasteiger partial charge in [0.25, 0.3) is 0 Å². The second-order valence-corrected chi connectivity index (χ2v) is 14.1. The molecule has 47 heavy (non-hydrogen) atoms. The van der Waals surface area contributed by atoms with Gasteiger partial charge in [0.15, 0.2) is 17.2 Å². The lowest BCUT2D eigenvalue weighted by atomic mass is 10.0. The van der Waals surface area contributed by atoms with Crippen LogP contribution in [0.25, 0.3) is 10.4 Å². The largest absolute Gasteiger partial charge is 0.497 e. The number of nitrogens with zero attached hydrogens (tertiary/aromatic N) is 1. The molecule has 9 heteroatoms. The average Bonchev–Trinajstić information content (AvgIpc) is 3.40. The fourth-order valence-corrected chi connectivity index (χ4v) is 7.68. The van der Waals surface area contributed by atoms with E-state index in [0.29, 0.717) is 9.35 Å². The van der Waals surface area contributed by atoms with Crippen molar-refractivity contribution < 1.29 is 29.3 Å². The highest BCUT2D eigenvalue weighted by Gasteiger charge is 2.24. The molecule has 0 radical (unpaired) electrons. The van der Waals surface area contributed by atoms with Crippen LogP contribution < -0.4 is 9.47 Å². The van der Waals surface area contributed by atoms with Crippen LogP contribution in [-0.4, -0.2) is 47.3 Å². The summed E-state index contributed by atoms with van der Waals surface area (Å²) in [7, 11) is 1.68. The summed E-state index contributed by atoms with van der Waals surface area (Å²) in [4.78, 5) is 26.1. The fourth-order valence-electron chi connectivity index (χ4n) is 5.79. The molecule has 3 aromatic rings. The van der Waals surface area contributed by atoms with Crippen molar-refractivity contribution in [3.05, 3.63) is 69.0 Å². The Labute approximate surface area is 293 Å². The summed E-state index contributed by atoms with van der Waals surface area (Å²) in [5.74, 6) is -1.44. The summed E-state index contributed by atoms with van der Waals surface area (Å²) in [5, 5.41) is 18.8. The molecule has 258 valence electrons. The highest BCUT2D eigenvalue weighted by Crippen LogP contribution is 2.45. The number of thiophene rings is 1. The topological polar surface area (TPSA) is 96.3 Å². The number of ether oxygens (including phenoxy) is 2. The lowest BCUT2D eigenvalue weighted by molar-refractivity contribution is -0.139. The van der Waals surface area contributed by atoms with Crippen LogP contribution in [0.2, 0.25) is 0 Å². The molecule has 0 atom stereocenters. The maximum Gasteiger partial charge on any atom is 0.349 e. The third-order valence-electron chi connectivity index (χ3n) is 8.33. The molecule has 0 aliphatic heterocycles. The first-order valence-corrected chi connectivity index (χ1v) is 18.8. The summed E-state index contributed by atoms with van der Waals surface area (Å²) in [5.41, 5.74) is 3.19. The number of aromatic carboxylic acids is 1. The van der Waals surface area contributed by atoms with E-state index in [9.17, 15) is 14.7 Å². The number of halogens is 1. The van der Waals surface area contributed by atoms with Gasteiger partial charge in [-0.1, -0.05) is 121 Å². The third kappa shape index (κ3) is 14.0. The number of carboxylic acid groups (broad SMARTS) is 2. The van der Waals surface area contributed by atoms with E-state index in [1.807, 2.05) is 24.3 Å². The molecule has 0 amide bonds. The van der Waals surface area contributed by atoms with E-state index in [4.69, 9.17) is 14.6 Å². The fraction of sp³-hybridized carbons (Fsp3) is 0.526. The number of hydrogen-bond donors (Lipinski definition) is 2. The molecular formula is C38H52BrNO6S. The number of aliphatic carboxylic acids is 1. The monoisotopic (exact) mass is 729 g/mol. The van der Waals surface area contributed by atoms with Gasteiger partial charge >= 0.3 is 11.9 Å². The zero-order valence-electron chi connectivity index (χ0n) is 28.1. The van der Waals surface area contributed by atoms with Crippen LogP contribution >= 0.6 is 27.3 Å². The standard InChI is InChI=1S/C38H52BrNO6S/c1-3-4-5-6-7-8-9-10-11-12-13-14-15-16-24-40(26-29-20-22-32(45-2)23-21-29)27-30-18-17-19-31(25-30)36-34(39)35(46-28-33(41)42)37(47-36)38(43)44/h17-23,25H,3-16,24,26-28H2,1-2H3,(H,41,42)(H,43,44). The van der Waals surface area contributed by atoms with Gasteiger partial charge in [-0.3, -0.25) is 4.90 Å². The summed E-state index contributed by atoms with van der Waals surface area (Å²) >= 11 is 4.56. The Morgan fingerprint density at radius 3 is 1.91 bits per heavy atom. The van der Waals surface area contributed by atoms with Crippen LogP contribution in [0.5, 0.6) is 11.5 Å². The predicted molar refractivity (Wildman–Crippen MR) is 195 cm³/mol. The Kier molecular flexibility index (Phi) is 18.0. The number of hydrogen-bond acceptors (Lipinski definition) is 6. The van der Waals surface area contributed by atoms with Gasteiger partial charge in [0.2, 0.25) is 0 Å². The van der Waals surface area contributed by atoms with E-state index in [2.05, 4.69) is 52.0 Å². The molecule has 0 aliphatic rings. The zero-order valence-corrected chi connectivity index (χ0v) is 30.5. The van der Waals surface area contributed by atoms with Crippen molar-refractivity contribution in [2.24, 2.45) is 0 Å². The second kappa shape index (κ2) is 21.9. The molecular weight excluding hydrogens is 678 g/mol. The van der Waals surface area contributed by atoms with Crippen molar-refractivity contribution in [3.8, 4) is 21.9 Å². The molecule has 0 saturated heterocycles. The first-order valence-electron chi connectivity index (χ1n) is 17.2. The molecule has 0 unspecified atom stereocenters. The van der Waals surface area contributed by atoms with Gasteiger partial charge in [-0.25, -0.2) is 9.59 Å². The van der Waals surface area contributed by atoms with E-state index in [1.165, 1.54) is 89.0 Å². The Bertz CT molecular complexity index is 1360. The maximum atomic E-state index is 11.9. The molecule has 7 nitrogen and oxygen atoms in total. The number of methoxy groups -OCH3 is 1. The smallest absolute Gasteiger partial charge is 0.349 e. The minimum atomic E-state index is -1.17. The normalized spacial score (nSPS) is 11.2.